The number of ether oxygens (including phenoxy) is 2. The van der Waals surface area contributed by atoms with E-state index in [1.807, 2.05) is 0 Å². The van der Waals surface area contributed by atoms with Crippen LogP contribution in [0.1, 0.15) is 6.92 Å². The van der Waals surface area contributed by atoms with Gasteiger partial charge in [0, 0.05) is 0 Å². The van der Waals surface area contributed by atoms with Crippen LogP contribution in [0.5, 0.6) is 0 Å². The molecule has 0 amide bonds. The Hall–Kier alpha value is -1.32. The number of aliphatic imine (C=N–C) groups is 1. The van der Waals surface area contributed by atoms with Gasteiger partial charge in [0.15, 0.2) is 5.76 Å². The zero-order valence-electron chi connectivity index (χ0n) is 8.03. The van der Waals surface area contributed by atoms with Gasteiger partial charge in [-0.2, -0.15) is 0 Å². The highest BCUT2D eigenvalue weighted by molar-refractivity contribution is 5.94. The van der Waals surface area contributed by atoms with Crippen LogP contribution in [0.15, 0.2) is 16.8 Å². The number of nitrogens with zero attached hydrogens (tertiary/aromatic N) is 1. The van der Waals surface area contributed by atoms with Gasteiger partial charge in [0.2, 0.25) is 0 Å². The molecule has 72 valence electrons. The van der Waals surface area contributed by atoms with Crippen LogP contribution in [0, 0.1) is 5.92 Å². The molecule has 4 heteroatoms. The van der Waals surface area contributed by atoms with Gasteiger partial charge < -0.3 is 9.47 Å². The van der Waals surface area contributed by atoms with Gasteiger partial charge in [-0.1, -0.05) is 0 Å². The Morgan fingerprint density at radius 2 is 2.23 bits per heavy atom. The summed E-state index contributed by atoms with van der Waals surface area (Å²) in [6, 6.07) is 0. The number of hydrogen-bond acceptors (Lipinski definition) is 4. The topological polar surface area (TPSA) is 47.9 Å². The smallest absolute Gasteiger partial charge is 0.251 e. The fourth-order valence-electron chi connectivity index (χ4n) is 1.13. The lowest BCUT2D eigenvalue weighted by atomic mass is 10.0. The molecule has 1 aliphatic rings. The van der Waals surface area contributed by atoms with Crippen LogP contribution >= 0.6 is 0 Å². The number of ketones is 1. The van der Waals surface area contributed by atoms with E-state index >= 15 is 0 Å². The Balaban J connectivity index is 2.81. The van der Waals surface area contributed by atoms with Crippen molar-refractivity contribution in [3.05, 3.63) is 11.8 Å². The second-order valence-electron chi connectivity index (χ2n) is 2.80. The molecule has 0 aliphatic carbocycles. The van der Waals surface area contributed by atoms with E-state index in [1.165, 1.54) is 14.2 Å². The molecule has 0 saturated carbocycles. The van der Waals surface area contributed by atoms with Crippen molar-refractivity contribution in [1.82, 2.24) is 0 Å². The molecule has 1 unspecified atom stereocenters. The van der Waals surface area contributed by atoms with Crippen LogP contribution in [0.4, 0.5) is 0 Å². The van der Waals surface area contributed by atoms with E-state index < -0.39 is 0 Å². The normalized spacial score (nSPS) is 21.6. The Morgan fingerprint density at radius 1 is 1.54 bits per heavy atom. The highest BCUT2D eigenvalue weighted by Gasteiger charge is 2.21. The van der Waals surface area contributed by atoms with E-state index in [1.54, 1.807) is 13.0 Å². The van der Waals surface area contributed by atoms with Crippen LogP contribution in [0.2, 0.25) is 0 Å². The van der Waals surface area contributed by atoms with E-state index in [9.17, 15) is 4.79 Å². The summed E-state index contributed by atoms with van der Waals surface area (Å²) in [6.07, 6.45) is 1.74. The Kier molecular flexibility index (Phi) is 3.06. The number of carbonyl (C=O) groups is 1. The maximum absolute atomic E-state index is 11.0. The average molecular weight is 183 g/mol. The van der Waals surface area contributed by atoms with Crippen molar-refractivity contribution in [3.63, 3.8) is 0 Å². The van der Waals surface area contributed by atoms with E-state index in [0.717, 1.165) is 0 Å². The lowest BCUT2D eigenvalue weighted by Gasteiger charge is -2.16. The molecule has 0 saturated heterocycles. The molecule has 0 bridgehead atoms. The average Bonchev–Trinajstić information content (AvgIpc) is 2.16. The minimum Gasteiger partial charge on any atom is -0.491 e. The van der Waals surface area contributed by atoms with Crippen molar-refractivity contribution in [2.75, 3.05) is 20.8 Å². The van der Waals surface area contributed by atoms with E-state index in [0.29, 0.717) is 18.2 Å². The molecule has 1 rings (SSSR count). The van der Waals surface area contributed by atoms with Gasteiger partial charge in [0.05, 0.1) is 26.7 Å². The lowest BCUT2D eigenvalue weighted by Crippen LogP contribution is -2.22. The zero-order valence-corrected chi connectivity index (χ0v) is 8.03. The van der Waals surface area contributed by atoms with Crippen molar-refractivity contribution in [2.45, 2.75) is 6.92 Å². The predicted octanol–water partition coefficient (Wildman–Crippen LogP) is 0.780. The fourth-order valence-corrected chi connectivity index (χ4v) is 1.13. The molecule has 0 aromatic rings. The first-order chi connectivity index (χ1) is 6.19. The maximum Gasteiger partial charge on any atom is 0.251 e. The van der Waals surface area contributed by atoms with Gasteiger partial charge >= 0.3 is 0 Å². The van der Waals surface area contributed by atoms with Crippen LogP contribution in [-0.2, 0) is 14.3 Å². The third kappa shape index (κ3) is 2.08. The van der Waals surface area contributed by atoms with Gasteiger partial charge in [-0.3, -0.25) is 4.79 Å². The first kappa shape index (κ1) is 9.77. The number of carbonyl (C=O) groups excluding carboxylic acids is 1. The van der Waals surface area contributed by atoms with Gasteiger partial charge in [0.25, 0.3) is 5.90 Å². The minimum absolute atomic E-state index is 0.0912. The van der Waals surface area contributed by atoms with Gasteiger partial charge in [-0.15, -0.1) is 0 Å². The van der Waals surface area contributed by atoms with Crippen molar-refractivity contribution >= 4 is 11.7 Å². The zero-order chi connectivity index (χ0) is 9.84. The third-order valence-electron chi connectivity index (χ3n) is 1.93. The lowest BCUT2D eigenvalue weighted by molar-refractivity contribution is -0.119. The van der Waals surface area contributed by atoms with Crippen molar-refractivity contribution < 1.29 is 14.3 Å². The molecule has 1 heterocycles. The molecular weight excluding hydrogens is 170 g/mol. The third-order valence-corrected chi connectivity index (χ3v) is 1.93. The summed E-state index contributed by atoms with van der Waals surface area (Å²) in [5.41, 5.74) is 0. The van der Waals surface area contributed by atoms with Crippen LogP contribution < -0.4 is 0 Å². The Morgan fingerprint density at radius 3 is 2.69 bits per heavy atom. The maximum atomic E-state index is 11.0. The summed E-state index contributed by atoms with van der Waals surface area (Å²) >= 11 is 0. The molecule has 0 N–H and O–H groups in total. The molecule has 0 aromatic carbocycles. The van der Waals surface area contributed by atoms with E-state index in [-0.39, 0.29) is 11.7 Å². The number of Topliss-reactive ketones (excluding diaryl/α,β-unsaturated/α-hetero) is 1. The van der Waals surface area contributed by atoms with Gasteiger partial charge in [-0.25, -0.2) is 4.99 Å². The molecule has 0 aromatic heterocycles. The van der Waals surface area contributed by atoms with Crippen molar-refractivity contribution in [2.24, 2.45) is 10.9 Å². The summed E-state index contributed by atoms with van der Waals surface area (Å²) in [6.45, 7) is 1.99. The van der Waals surface area contributed by atoms with E-state index in [4.69, 9.17) is 9.47 Å². The fraction of sp³-hybridized carbons (Fsp3) is 0.556. The second kappa shape index (κ2) is 4.07. The highest BCUT2D eigenvalue weighted by Crippen LogP contribution is 2.14. The highest BCUT2D eigenvalue weighted by atomic mass is 16.5. The number of hydrogen-bond donors (Lipinski definition) is 0. The van der Waals surface area contributed by atoms with Crippen LogP contribution in [0.3, 0.4) is 0 Å². The standard InChI is InChI=1S/C9H13NO3/c1-6(11)7-4-8(12-2)9(13-3)10-5-7/h4,7H,5H2,1-3H3. The molecule has 1 aliphatic heterocycles. The van der Waals surface area contributed by atoms with Gasteiger partial charge in [0.1, 0.15) is 5.78 Å². The predicted molar refractivity (Wildman–Crippen MR) is 48.6 cm³/mol. The number of rotatable bonds is 2. The number of methoxy groups -OCH3 is 2. The first-order valence-electron chi connectivity index (χ1n) is 4.04. The molecule has 13 heavy (non-hydrogen) atoms. The SMILES string of the molecule is COC1=CC(C(C)=O)CN=C1OC. The molecular formula is C9H13NO3. The largest absolute Gasteiger partial charge is 0.491 e. The van der Waals surface area contributed by atoms with E-state index in [2.05, 4.69) is 4.99 Å². The summed E-state index contributed by atoms with van der Waals surface area (Å²) in [5, 5.41) is 0. The van der Waals surface area contributed by atoms with Gasteiger partial charge in [-0.05, 0) is 13.0 Å². The summed E-state index contributed by atoms with van der Waals surface area (Å²) in [4.78, 5) is 15.1. The minimum atomic E-state index is -0.172. The number of dihydropyridines is 1. The van der Waals surface area contributed by atoms with Crippen molar-refractivity contribution in [3.8, 4) is 0 Å². The molecule has 0 fully saturated rings. The molecule has 1 atom stereocenters. The summed E-state index contributed by atoms with van der Waals surface area (Å²) in [7, 11) is 3.06. The van der Waals surface area contributed by atoms with Crippen LogP contribution in [0.25, 0.3) is 0 Å². The van der Waals surface area contributed by atoms with Crippen LogP contribution in [-0.4, -0.2) is 32.4 Å². The Labute approximate surface area is 77.2 Å². The quantitative estimate of drug-likeness (QED) is 0.635. The molecule has 0 spiro atoms. The first-order valence-corrected chi connectivity index (χ1v) is 4.04. The summed E-state index contributed by atoms with van der Waals surface area (Å²) in [5.74, 6) is 0.913. The monoisotopic (exact) mass is 183 g/mol. The molecule has 4 nitrogen and oxygen atoms in total. The second-order valence-corrected chi connectivity index (χ2v) is 2.80. The molecule has 0 radical (unpaired) electrons. The Bertz CT molecular complexity index is 268. The summed E-state index contributed by atoms with van der Waals surface area (Å²) < 4.78 is 10.00. The van der Waals surface area contributed by atoms with Crippen molar-refractivity contribution in [1.29, 1.82) is 0 Å².